The third-order valence-electron chi connectivity index (χ3n) is 2.68. The number of halogens is 2. The molecule has 0 aliphatic rings. The Labute approximate surface area is 126 Å². The van der Waals surface area contributed by atoms with Gasteiger partial charge in [-0.25, -0.2) is 4.39 Å². The van der Waals surface area contributed by atoms with Crippen LogP contribution in [0.3, 0.4) is 0 Å². The van der Waals surface area contributed by atoms with Crippen molar-refractivity contribution in [2.75, 3.05) is 7.05 Å². The summed E-state index contributed by atoms with van der Waals surface area (Å²) in [6.45, 7) is 1.26. The molecule has 0 saturated carbocycles. The molecule has 2 aromatic rings. The standard InChI is InChI=1S/C14H15ClFN3S/c1-17-14(19-9-11-3-2-6-20-11)18-8-10-4-5-13(16)12(15)7-10/h2-7H,8-9H2,1H3,(H2,17,18,19). The molecule has 2 rings (SSSR count). The van der Waals surface area contributed by atoms with Crippen LogP contribution < -0.4 is 10.6 Å². The maximum Gasteiger partial charge on any atom is 0.191 e. The molecule has 106 valence electrons. The summed E-state index contributed by atoms with van der Waals surface area (Å²) in [5.41, 5.74) is 0.899. The maximum atomic E-state index is 13.1. The highest BCUT2D eigenvalue weighted by Gasteiger charge is 2.03. The lowest BCUT2D eigenvalue weighted by Crippen LogP contribution is -2.36. The van der Waals surface area contributed by atoms with Gasteiger partial charge in [0.25, 0.3) is 0 Å². The van der Waals surface area contributed by atoms with Crippen LogP contribution in [0.15, 0.2) is 40.7 Å². The molecule has 0 aliphatic carbocycles. The number of benzene rings is 1. The van der Waals surface area contributed by atoms with Gasteiger partial charge in [-0.3, -0.25) is 4.99 Å². The Balaban J connectivity index is 1.85. The van der Waals surface area contributed by atoms with Crippen molar-refractivity contribution in [3.8, 4) is 0 Å². The Kier molecular flexibility index (Phi) is 5.38. The molecule has 0 saturated heterocycles. The fraction of sp³-hybridized carbons (Fsp3) is 0.214. The van der Waals surface area contributed by atoms with E-state index in [0.29, 0.717) is 12.5 Å². The number of nitrogens with one attached hydrogen (secondary N) is 2. The lowest BCUT2D eigenvalue weighted by Gasteiger charge is -2.11. The van der Waals surface area contributed by atoms with Crippen molar-refractivity contribution in [3.05, 3.63) is 57.0 Å². The molecule has 6 heteroatoms. The SMILES string of the molecule is CN=C(NCc1ccc(F)c(Cl)c1)NCc1cccs1. The number of hydrogen-bond donors (Lipinski definition) is 2. The average Bonchev–Trinajstić information content (AvgIpc) is 2.96. The molecular formula is C14H15ClFN3S. The zero-order chi connectivity index (χ0) is 14.4. The van der Waals surface area contributed by atoms with Crippen molar-refractivity contribution in [3.63, 3.8) is 0 Å². The second-order valence-electron chi connectivity index (χ2n) is 4.11. The zero-order valence-electron chi connectivity index (χ0n) is 11.0. The Hall–Kier alpha value is -1.59. The first-order valence-corrected chi connectivity index (χ1v) is 7.35. The van der Waals surface area contributed by atoms with Crippen molar-refractivity contribution in [1.29, 1.82) is 0 Å². The second-order valence-corrected chi connectivity index (χ2v) is 5.55. The molecule has 0 fully saturated rings. The van der Waals surface area contributed by atoms with Crippen LogP contribution in [0.1, 0.15) is 10.4 Å². The molecule has 0 atom stereocenters. The lowest BCUT2D eigenvalue weighted by atomic mass is 10.2. The second kappa shape index (κ2) is 7.26. The molecule has 1 aromatic carbocycles. The van der Waals surface area contributed by atoms with E-state index in [1.807, 2.05) is 11.4 Å². The van der Waals surface area contributed by atoms with Gasteiger partial charge in [0.2, 0.25) is 0 Å². The molecule has 0 unspecified atom stereocenters. The summed E-state index contributed by atoms with van der Waals surface area (Å²) in [6, 6.07) is 8.74. The van der Waals surface area contributed by atoms with Crippen LogP contribution in [0.25, 0.3) is 0 Å². The maximum absolute atomic E-state index is 13.1. The molecule has 1 heterocycles. The molecule has 0 aliphatic heterocycles. The smallest absolute Gasteiger partial charge is 0.191 e. The molecule has 3 nitrogen and oxygen atoms in total. The van der Waals surface area contributed by atoms with Crippen molar-refractivity contribution < 1.29 is 4.39 Å². The summed E-state index contributed by atoms with van der Waals surface area (Å²) < 4.78 is 13.1. The summed E-state index contributed by atoms with van der Waals surface area (Å²) in [5.74, 6) is 0.287. The third kappa shape index (κ3) is 4.21. The molecule has 20 heavy (non-hydrogen) atoms. The van der Waals surface area contributed by atoms with Gasteiger partial charge in [-0.2, -0.15) is 0 Å². The molecule has 0 spiro atoms. The fourth-order valence-electron chi connectivity index (χ4n) is 1.64. The molecule has 0 bridgehead atoms. The van der Waals surface area contributed by atoms with Crippen molar-refractivity contribution >= 4 is 28.9 Å². The summed E-state index contributed by atoms with van der Waals surface area (Å²) in [4.78, 5) is 5.37. The van der Waals surface area contributed by atoms with Gasteiger partial charge in [0.15, 0.2) is 5.96 Å². The molecule has 1 aromatic heterocycles. The largest absolute Gasteiger partial charge is 0.352 e. The normalized spacial score (nSPS) is 11.4. The number of thiophene rings is 1. The van der Waals surface area contributed by atoms with E-state index < -0.39 is 5.82 Å². The van der Waals surface area contributed by atoms with Gasteiger partial charge >= 0.3 is 0 Å². The highest BCUT2D eigenvalue weighted by Crippen LogP contribution is 2.15. The zero-order valence-corrected chi connectivity index (χ0v) is 12.6. The number of aliphatic imine (C=N–C) groups is 1. The molecule has 2 N–H and O–H groups in total. The summed E-state index contributed by atoms with van der Waals surface area (Å²) in [7, 11) is 1.71. The highest BCUT2D eigenvalue weighted by molar-refractivity contribution is 7.09. The topological polar surface area (TPSA) is 36.4 Å². The van der Waals surface area contributed by atoms with Gasteiger partial charge in [0.1, 0.15) is 5.82 Å². The van der Waals surface area contributed by atoms with E-state index in [1.54, 1.807) is 30.5 Å². The van der Waals surface area contributed by atoms with E-state index in [0.717, 1.165) is 12.1 Å². The van der Waals surface area contributed by atoms with Crippen LogP contribution in [-0.4, -0.2) is 13.0 Å². The minimum Gasteiger partial charge on any atom is -0.352 e. The van der Waals surface area contributed by atoms with Crippen LogP contribution in [0, 0.1) is 5.82 Å². The van der Waals surface area contributed by atoms with Crippen LogP contribution in [-0.2, 0) is 13.1 Å². The molecule has 0 radical (unpaired) electrons. The molecule has 0 amide bonds. The first-order chi connectivity index (χ1) is 9.69. The van der Waals surface area contributed by atoms with Gasteiger partial charge in [-0.15, -0.1) is 11.3 Å². The van der Waals surface area contributed by atoms with Crippen LogP contribution in [0.2, 0.25) is 5.02 Å². The minimum atomic E-state index is -0.407. The third-order valence-corrected chi connectivity index (χ3v) is 3.84. The minimum absolute atomic E-state index is 0.130. The summed E-state index contributed by atoms with van der Waals surface area (Å²) >= 11 is 7.43. The van der Waals surface area contributed by atoms with Gasteiger partial charge in [0, 0.05) is 18.5 Å². The van der Waals surface area contributed by atoms with E-state index in [2.05, 4.69) is 21.7 Å². The van der Waals surface area contributed by atoms with Gasteiger partial charge in [0.05, 0.1) is 11.6 Å². The fourth-order valence-corrected chi connectivity index (χ4v) is 2.49. The van der Waals surface area contributed by atoms with E-state index in [1.165, 1.54) is 10.9 Å². The highest BCUT2D eigenvalue weighted by atomic mass is 35.5. The van der Waals surface area contributed by atoms with E-state index in [4.69, 9.17) is 11.6 Å². The van der Waals surface area contributed by atoms with E-state index in [-0.39, 0.29) is 5.02 Å². The average molecular weight is 312 g/mol. The van der Waals surface area contributed by atoms with Crippen molar-refractivity contribution in [2.45, 2.75) is 13.1 Å². The van der Waals surface area contributed by atoms with Gasteiger partial charge < -0.3 is 10.6 Å². The predicted octanol–water partition coefficient (Wildman–Crippen LogP) is 3.41. The first kappa shape index (κ1) is 14.8. The first-order valence-electron chi connectivity index (χ1n) is 6.10. The summed E-state index contributed by atoms with van der Waals surface area (Å²) in [5, 5.41) is 8.53. The van der Waals surface area contributed by atoms with Crippen LogP contribution in [0.4, 0.5) is 4.39 Å². The number of hydrogen-bond acceptors (Lipinski definition) is 2. The molecular weight excluding hydrogens is 297 g/mol. The number of guanidine groups is 1. The Morgan fingerprint density at radius 1 is 1.30 bits per heavy atom. The predicted molar refractivity (Wildman–Crippen MR) is 82.8 cm³/mol. The van der Waals surface area contributed by atoms with Gasteiger partial charge in [-0.05, 0) is 29.1 Å². The number of nitrogens with zero attached hydrogens (tertiary/aromatic N) is 1. The van der Waals surface area contributed by atoms with Crippen LogP contribution >= 0.6 is 22.9 Å². The Bertz CT molecular complexity index is 584. The van der Waals surface area contributed by atoms with Crippen molar-refractivity contribution in [1.82, 2.24) is 10.6 Å². The lowest BCUT2D eigenvalue weighted by molar-refractivity contribution is 0.627. The summed E-state index contributed by atoms with van der Waals surface area (Å²) in [6.07, 6.45) is 0. The quantitative estimate of drug-likeness (QED) is 0.670. The van der Waals surface area contributed by atoms with E-state index >= 15 is 0 Å². The van der Waals surface area contributed by atoms with Gasteiger partial charge in [-0.1, -0.05) is 23.7 Å². The Morgan fingerprint density at radius 2 is 2.10 bits per heavy atom. The number of rotatable bonds is 4. The Morgan fingerprint density at radius 3 is 2.75 bits per heavy atom. The monoisotopic (exact) mass is 311 g/mol. The van der Waals surface area contributed by atoms with Crippen molar-refractivity contribution in [2.24, 2.45) is 4.99 Å². The van der Waals surface area contributed by atoms with Crippen LogP contribution in [0.5, 0.6) is 0 Å². The van der Waals surface area contributed by atoms with E-state index in [9.17, 15) is 4.39 Å².